The van der Waals surface area contributed by atoms with Crippen LogP contribution in [0.2, 0.25) is 0 Å². The van der Waals surface area contributed by atoms with E-state index in [2.05, 4.69) is 20.6 Å². The number of nitrogens with two attached hydrogens (primary N) is 1. The van der Waals surface area contributed by atoms with Gasteiger partial charge in [-0.15, -0.1) is 5.10 Å². The Balaban J connectivity index is 2.50. The lowest BCUT2D eigenvalue weighted by Crippen LogP contribution is -2.19. The number of aryl methyl sites for hydroxylation is 1. The lowest BCUT2D eigenvalue weighted by molar-refractivity contribution is 0.0957. The van der Waals surface area contributed by atoms with Crippen LogP contribution in [0.1, 0.15) is 27.3 Å². The summed E-state index contributed by atoms with van der Waals surface area (Å²) < 4.78 is 1.52. The van der Waals surface area contributed by atoms with Crippen molar-refractivity contribution in [2.24, 2.45) is 5.73 Å². The lowest BCUT2D eigenvalue weighted by Gasteiger charge is -2.10. The van der Waals surface area contributed by atoms with Crippen LogP contribution < -0.4 is 11.1 Å². The summed E-state index contributed by atoms with van der Waals surface area (Å²) in [6.45, 7) is 4.16. The lowest BCUT2D eigenvalue weighted by atomic mass is 10.1. The Labute approximate surface area is 110 Å². The Hall–Kier alpha value is -2.28. The van der Waals surface area contributed by atoms with E-state index in [1.165, 1.54) is 4.68 Å². The van der Waals surface area contributed by atoms with E-state index < -0.39 is 0 Å². The minimum Gasteiger partial charge on any atom is -0.354 e. The third-order valence-electron chi connectivity index (χ3n) is 3.03. The first kappa shape index (κ1) is 13.2. The van der Waals surface area contributed by atoms with Crippen LogP contribution in [0.25, 0.3) is 5.82 Å². The number of amides is 1. The number of rotatable bonds is 3. The van der Waals surface area contributed by atoms with Crippen LogP contribution in [0.4, 0.5) is 0 Å². The van der Waals surface area contributed by atoms with Gasteiger partial charge < -0.3 is 11.1 Å². The monoisotopic (exact) mass is 260 g/mol. The highest BCUT2D eigenvalue weighted by atomic mass is 16.1. The molecule has 0 aromatic carbocycles. The molecule has 0 atom stereocenters. The van der Waals surface area contributed by atoms with Crippen molar-refractivity contribution < 1.29 is 4.79 Å². The number of hydrogen-bond donors (Lipinski definition) is 2. The van der Waals surface area contributed by atoms with Crippen molar-refractivity contribution in [1.29, 1.82) is 0 Å². The molecule has 0 unspecified atom stereocenters. The molecule has 0 aliphatic rings. The van der Waals surface area contributed by atoms with E-state index in [4.69, 9.17) is 5.73 Å². The standard InChI is InChI=1S/C12H16N6O/c1-7-8(2)15-16-11(9(7)6-13)18-5-4-10(17-18)12(19)14-3/h4-5H,6,13H2,1-3H3,(H,14,19). The molecule has 0 aliphatic heterocycles. The summed E-state index contributed by atoms with van der Waals surface area (Å²) in [5, 5.41) is 14.9. The molecule has 100 valence electrons. The van der Waals surface area contributed by atoms with Gasteiger partial charge in [-0.3, -0.25) is 4.79 Å². The molecule has 0 radical (unpaired) electrons. The molecular weight excluding hydrogens is 244 g/mol. The van der Waals surface area contributed by atoms with Crippen molar-refractivity contribution in [2.75, 3.05) is 7.05 Å². The van der Waals surface area contributed by atoms with Crippen LogP contribution in [0.5, 0.6) is 0 Å². The Bertz CT molecular complexity index is 619. The molecule has 0 bridgehead atoms. The van der Waals surface area contributed by atoms with Crippen LogP contribution in [0.3, 0.4) is 0 Å². The maximum absolute atomic E-state index is 11.5. The van der Waals surface area contributed by atoms with Crippen LogP contribution in [0.15, 0.2) is 12.3 Å². The van der Waals surface area contributed by atoms with Gasteiger partial charge in [0.05, 0.1) is 5.69 Å². The van der Waals surface area contributed by atoms with Crippen LogP contribution >= 0.6 is 0 Å². The molecule has 2 aromatic rings. The summed E-state index contributed by atoms with van der Waals surface area (Å²) in [6, 6.07) is 1.62. The number of carbonyl (C=O) groups is 1. The Morgan fingerprint density at radius 1 is 1.42 bits per heavy atom. The smallest absolute Gasteiger partial charge is 0.271 e. The highest BCUT2D eigenvalue weighted by Crippen LogP contribution is 2.16. The van der Waals surface area contributed by atoms with Gasteiger partial charge in [0.2, 0.25) is 0 Å². The van der Waals surface area contributed by atoms with E-state index in [1.54, 1.807) is 19.3 Å². The molecule has 0 saturated carbocycles. The van der Waals surface area contributed by atoms with Gasteiger partial charge in [-0.1, -0.05) is 0 Å². The average molecular weight is 260 g/mol. The summed E-state index contributed by atoms with van der Waals surface area (Å²) in [6.07, 6.45) is 1.67. The van der Waals surface area contributed by atoms with Crippen molar-refractivity contribution >= 4 is 5.91 Å². The topological polar surface area (TPSA) is 98.7 Å². The fourth-order valence-electron chi connectivity index (χ4n) is 1.76. The molecule has 0 spiro atoms. The normalized spacial score (nSPS) is 10.5. The zero-order valence-corrected chi connectivity index (χ0v) is 11.1. The minimum absolute atomic E-state index is 0.246. The third-order valence-corrected chi connectivity index (χ3v) is 3.03. The van der Waals surface area contributed by atoms with Gasteiger partial charge in [0.1, 0.15) is 0 Å². The predicted octanol–water partition coefficient (Wildman–Crippen LogP) is 0.0974. The van der Waals surface area contributed by atoms with Gasteiger partial charge in [-0.25, -0.2) is 4.68 Å². The van der Waals surface area contributed by atoms with E-state index in [1.807, 2.05) is 13.8 Å². The fraction of sp³-hybridized carbons (Fsp3) is 0.333. The fourth-order valence-corrected chi connectivity index (χ4v) is 1.76. The molecule has 2 heterocycles. The highest BCUT2D eigenvalue weighted by molar-refractivity contribution is 5.91. The number of aromatic nitrogens is 4. The van der Waals surface area contributed by atoms with Crippen LogP contribution in [-0.2, 0) is 6.54 Å². The van der Waals surface area contributed by atoms with Crippen molar-refractivity contribution in [2.45, 2.75) is 20.4 Å². The zero-order chi connectivity index (χ0) is 14.0. The van der Waals surface area contributed by atoms with Crippen molar-refractivity contribution in [3.05, 3.63) is 34.8 Å². The van der Waals surface area contributed by atoms with E-state index in [-0.39, 0.29) is 5.91 Å². The minimum atomic E-state index is -0.246. The molecule has 2 aromatic heterocycles. The molecule has 19 heavy (non-hydrogen) atoms. The SMILES string of the molecule is CNC(=O)c1ccn(-c2nnc(C)c(C)c2CN)n1. The van der Waals surface area contributed by atoms with Gasteiger partial charge in [-0.05, 0) is 25.5 Å². The molecule has 0 aliphatic carbocycles. The largest absolute Gasteiger partial charge is 0.354 e. The molecule has 0 saturated heterocycles. The summed E-state index contributed by atoms with van der Waals surface area (Å²) in [7, 11) is 1.56. The second kappa shape index (κ2) is 5.15. The third kappa shape index (κ3) is 2.32. The zero-order valence-electron chi connectivity index (χ0n) is 11.1. The number of hydrogen-bond acceptors (Lipinski definition) is 5. The number of nitrogens with one attached hydrogen (secondary N) is 1. The second-order valence-electron chi connectivity index (χ2n) is 4.14. The number of carbonyl (C=O) groups excluding carboxylic acids is 1. The second-order valence-corrected chi connectivity index (χ2v) is 4.14. The summed E-state index contributed by atoms with van der Waals surface area (Å²) in [5.74, 6) is 0.311. The quantitative estimate of drug-likeness (QED) is 0.815. The molecule has 3 N–H and O–H groups in total. The van der Waals surface area contributed by atoms with Gasteiger partial charge in [0, 0.05) is 25.4 Å². The molecule has 0 fully saturated rings. The van der Waals surface area contributed by atoms with Crippen molar-refractivity contribution in [1.82, 2.24) is 25.3 Å². The summed E-state index contributed by atoms with van der Waals surface area (Å²) >= 11 is 0. The first-order valence-corrected chi connectivity index (χ1v) is 5.89. The Kier molecular flexibility index (Phi) is 3.57. The van der Waals surface area contributed by atoms with E-state index in [0.717, 1.165) is 16.8 Å². The first-order valence-electron chi connectivity index (χ1n) is 5.89. The maximum Gasteiger partial charge on any atom is 0.271 e. The van der Waals surface area contributed by atoms with Crippen LogP contribution in [0, 0.1) is 13.8 Å². The number of nitrogens with zero attached hydrogens (tertiary/aromatic N) is 4. The molecule has 7 nitrogen and oxygen atoms in total. The molecular formula is C12H16N6O. The Morgan fingerprint density at radius 2 is 2.16 bits per heavy atom. The molecule has 1 amide bonds. The first-order chi connectivity index (χ1) is 9.08. The molecule has 2 rings (SSSR count). The van der Waals surface area contributed by atoms with Gasteiger partial charge in [0.15, 0.2) is 11.5 Å². The highest BCUT2D eigenvalue weighted by Gasteiger charge is 2.14. The van der Waals surface area contributed by atoms with E-state index in [9.17, 15) is 4.79 Å². The van der Waals surface area contributed by atoms with Crippen molar-refractivity contribution in [3.8, 4) is 5.82 Å². The van der Waals surface area contributed by atoms with Crippen LogP contribution in [-0.4, -0.2) is 32.9 Å². The Morgan fingerprint density at radius 3 is 2.79 bits per heavy atom. The predicted molar refractivity (Wildman–Crippen MR) is 69.9 cm³/mol. The van der Waals surface area contributed by atoms with Gasteiger partial charge in [-0.2, -0.15) is 10.2 Å². The van der Waals surface area contributed by atoms with E-state index >= 15 is 0 Å². The van der Waals surface area contributed by atoms with Crippen molar-refractivity contribution in [3.63, 3.8) is 0 Å². The summed E-state index contributed by atoms with van der Waals surface area (Å²) in [5.41, 5.74) is 8.79. The van der Waals surface area contributed by atoms with Gasteiger partial charge >= 0.3 is 0 Å². The van der Waals surface area contributed by atoms with E-state index in [0.29, 0.717) is 18.1 Å². The maximum atomic E-state index is 11.5. The average Bonchev–Trinajstić information content (AvgIpc) is 2.90. The molecule has 7 heteroatoms. The van der Waals surface area contributed by atoms with Gasteiger partial charge in [0.25, 0.3) is 5.91 Å². The summed E-state index contributed by atoms with van der Waals surface area (Å²) in [4.78, 5) is 11.5.